The zero-order valence-corrected chi connectivity index (χ0v) is 12.1. The summed E-state index contributed by atoms with van der Waals surface area (Å²) in [5.74, 6) is -0.365. The average molecular weight is 292 g/mol. The number of nitrogens with one attached hydrogen (secondary N) is 1. The number of para-hydroxylation sites is 1. The number of anilines is 1. The van der Waals surface area contributed by atoms with Crippen LogP contribution < -0.4 is 5.32 Å². The molecule has 2 rings (SSSR count). The maximum atomic E-state index is 12.0. The fourth-order valence-electron chi connectivity index (χ4n) is 2.24. The monoisotopic (exact) mass is 292 g/mol. The van der Waals surface area contributed by atoms with Gasteiger partial charge in [0.15, 0.2) is 0 Å². The molecular formula is C15H20N2O4. The van der Waals surface area contributed by atoms with Crippen LogP contribution in [-0.2, 0) is 19.1 Å². The normalized spacial score (nSPS) is 19.0. The zero-order chi connectivity index (χ0) is 15.1. The number of carbonyl (C=O) groups excluding carboxylic acids is 2. The lowest BCUT2D eigenvalue weighted by Crippen LogP contribution is -2.46. The first-order chi connectivity index (χ1) is 10.2. The van der Waals surface area contributed by atoms with Gasteiger partial charge in [-0.3, -0.25) is 14.5 Å². The van der Waals surface area contributed by atoms with E-state index in [1.807, 2.05) is 35.2 Å². The van der Waals surface area contributed by atoms with E-state index < -0.39 is 0 Å². The Balaban J connectivity index is 1.79. The molecular weight excluding hydrogens is 272 g/mol. The molecule has 6 nitrogen and oxygen atoms in total. The Morgan fingerprint density at radius 1 is 1.38 bits per heavy atom. The summed E-state index contributed by atoms with van der Waals surface area (Å²) in [4.78, 5) is 25.2. The highest BCUT2D eigenvalue weighted by molar-refractivity contribution is 5.92. The van der Waals surface area contributed by atoms with E-state index in [4.69, 9.17) is 4.74 Å². The first-order valence-corrected chi connectivity index (χ1v) is 6.93. The van der Waals surface area contributed by atoms with E-state index in [-0.39, 0.29) is 30.9 Å². The largest absolute Gasteiger partial charge is 0.469 e. The summed E-state index contributed by atoms with van der Waals surface area (Å²) in [6, 6.07) is 9.33. The number of nitrogens with zero attached hydrogens (tertiary/aromatic N) is 1. The number of hydrogen-bond donors (Lipinski definition) is 1. The van der Waals surface area contributed by atoms with E-state index in [0.717, 1.165) is 5.69 Å². The van der Waals surface area contributed by atoms with E-state index in [1.54, 1.807) is 0 Å². The van der Waals surface area contributed by atoms with Crippen LogP contribution in [0.2, 0.25) is 0 Å². The first kappa shape index (κ1) is 15.5. The minimum Gasteiger partial charge on any atom is -0.469 e. The van der Waals surface area contributed by atoms with Crippen LogP contribution in [0.25, 0.3) is 0 Å². The van der Waals surface area contributed by atoms with Crippen LogP contribution in [0.1, 0.15) is 6.42 Å². The number of morpholine rings is 1. The van der Waals surface area contributed by atoms with Crippen LogP contribution in [0.15, 0.2) is 30.3 Å². The van der Waals surface area contributed by atoms with Gasteiger partial charge in [0.1, 0.15) is 0 Å². The van der Waals surface area contributed by atoms with Crippen LogP contribution in [0, 0.1) is 0 Å². The smallest absolute Gasteiger partial charge is 0.308 e. The molecule has 1 unspecified atom stereocenters. The van der Waals surface area contributed by atoms with Crippen molar-refractivity contribution in [2.45, 2.75) is 12.5 Å². The number of methoxy groups -OCH3 is 1. The van der Waals surface area contributed by atoms with Crippen molar-refractivity contribution in [2.75, 3.05) is 38.7 Å². The fourth-order valence-corrected chi connectivity index (χ4v) is 2.24. The number of amides is 1. The summed E-state index contributed by atoms with van der Waals surface area (Å²) < 4.78 is 10.1. The standard InChI is InChI=1S/C15H20N2O4/c1-20-15(19)9-13-10-17(7-8-21-13)11-14(18)16-12-5-3-2-4-6-12/h2-6,13H,7-11H2,1H3,(H,16,18). The van der Waals surface area contributed by atoms with Gasteiger partial charge in [-0.2, -0.15) is 0 Å². The minimum absolute atomic E-state index is 0.0695. The number of esters is 1. The number of carbonyl (C=O) groups is 2. The summed E-state index contributed by atoms with van der Waals surface area (Å²) in [6.07, 6.45) is 0.00329. The highest BCUT2D eigenvalue weighted by Gasteiger charge is 2.24. The molecule has 0 spiro atoms. The molecule has 1 aliphatic heterocycles. The van der Waals surface area contributed by atoms with Gasteiger partial charge in [0.05, 0.1) is 32.8 Å². The molecule has 0 aromatic heterocycles. The molecule has 1 fully saturated rings. The van der Waals surface area contributed by atoms with E-state index in [2.05, 4.69) is 10.1 Å². The third-order valence-electron chi connectivity index (χ3n) is 3.27. The fraction of sp³-hybridized carbons (Fsp3) is 0.467. The van der Waals surface area contributed by atoms with Crippen molar-refractivity contribution >= 4 is 17.6 Å². The lowest BCUT2D eigenvalue weighted by Gasteiger charge is -2.31. The van der Waals surface area contributed by atoms with Crippen LogP contribution in [0.5, 0.6) is 0 Å². The Labute approximate surface area is 124 Å². The van der Waals surface area contributed by atoms with Gasteiger partial charge in [-0.05, 0) is 12.1 Å². The molecule has 0 radical (unpaired) electrons. The summed E-state index contributed by atoms with van der Waals surface area (Å²) in [5.41, 5.74) is 0.780. The Morgan fingerprint density at radius 3 is 2.86 bits per heavy atom. The molecule has 1 amide bonds. The molecule has 1 saturated heterocycles. The van der Waals surface area contributed by atoms with Gasteiger partial charge in [0.25, 0.3) is 0 Å². The lowest BCUT2D eigenvalue weighted by molar-refractivity contribution is -0.145. The van der Waals surface area contributed by atoms with Gasteiger partial charge in [0, 0.05) is 18.8 Å². The summed E-state index contributed by atoms with van der Waals surface area (Å²) in [6.45, 7) is 2.04. The molecule has 21 heavy (non-hydrogen) atoms. The van der Waals surface area contributed by atoms with Gasteiger partial charge >= 0.3 is 5.97 Å². The molecule has 6 heteroatoms. The molecule has 1 N–H and O–H groups in total. The van der Waals surface area contributed by atoms with Gasteiger partial charge in [0.2, 0.25) is 5.91 Å². The molecule has 1 aromatic rings. The quantitative estimate of drug-likeness (QED) is 0.816. The Hall–Kier alpha value is -1.92. The van der Waals surface area contributed by atoms with Crippen molar-refractivity contribution in [1.29, 1.82) is 0 Å². The van der Waals surface area contributed by atoms with Crippen molar-refractivity contribution in [3.8, 4) is 0 Å². The van der Waals surface area contributed by atoms with Crippen molar-refractivity contribution < 1.29 is 19.1 Å². The van der Waals surface area contributed by atoms with E-state index in [9.17, 15) is 9.59 Å². The first-order valence-electron chi connectivity index (χ1n) is 6.93. The second-order valence-corrected chi connectivity index (χ2v) is 4.92. The van der Waals surface area contributed by atoms with E-state index >= 15 is 0 Å². The molecule has 1 heterocycles. The Kier molecular flexibility index (Phi) is 5.71. The Bertz CT molecular complexity index is 478. The summed E-state index contributed by atoms with van der Waals surface area (Å²) in [7, 11) is 1.36. The van der Waals surface area contributed by atoms with Crippen molar-refractivity contribution in [3.05, 3.63) is 30.3 Å². The third-order valence-corrected chi connectivity index (χ3v) is 3.27. The van der Waals surface area contributed by atoms with Gasteiger partial charge in [-0.1, -0.05) is 18.2 Å². The molecule has 0 saturated carbocycles. The average Bonchev–Trinajstić information content (AvgIpc) is 2.48. The van der Waals surface area contributed by atoms with E-state index in [0.29, 0.717) is 19.7 Å². The molecule has 1 aromatic carbocycles. The number of hydrogen-bond acceptors (Lipinski definition) is 5. The molecule has 1 atom stereocenters. The zero-order valence-electron chi connectivity index (χ0n) is 12.1. The van der Waals surface area contributed by atoms with Gasteiger partial charge in [-0.15, -0.1) is 0 Å². The molecule has 1 aliphatic rings. The van der Waals surface area contributed by atoms with Crippen LogP contribution in [0.4, 0.5) is 5.69 Å². The molecule has 114 valence electrons. The van der Waals surface area contributed by atoms with Crippen LogP contribution >= 0.6 is 0 Å². The minimum atomic E-state index is -0.296. The number of ether oxygens (including phenoxy) is 2. The number of rotatable bonds is 5. The van der Waals surface area contributed by atoms with Crippen LogP contribution in [-0.4, -0.2) is 56.2 Å². The molecule has 0 bridgehead atoms. The van der Waals surface area contributed by atoms with Gasteiger partial charge < -0.3 is 14.8 Å². The third kappa shape index (κ3) is 5.17. The van der Waals surface area contributed by atoms with Crippen molar-refractivity contribution in [1.82, 2.24) is 4.90 Å². The highest BCUT2D eigenvalue weighted by atomic mass is 16.5. The maximum Gasteiger partial charge on any atom is 0.308 e. The lowest BCUT2D eigenvalue weighted by atomic mass is 10.2. The van der Waals surface area contributed by atoms with Crippen molar-refractivity contribution in [2.24, 2.45) is 0 Å². The van der Waals surface area contributed by atoms with E-state index in [1.165, 1.54) is 7.11 Å². The second kappa shape index (κ2) is 7.75. The predicted molar refractivity (Wildman–Crippen MR) is 77.9 cm³/mol. The topological polar surface area (TPSA) is 67.9 Å². The maximum absolute atomic E-state index is 12.0. The molecule has 0 aliphatic carbocycles. The summed E-state index contributed by atoms with van der Waals surface area (Å²) in [5, 5.41) is 2.84. The van der Waals surface area contributed by atoms with Gasteiger partial charge in [-0.25, -0.2) is 0 Å². The SMILES string of the molecule is COC(=O)CC1CN(CC(=O)Nc2ccccc2)CCO1. The summed E-state index contributed by atoms with van der Waals surface area (Å²) >= 11 is 0. The van der Waals surface area contributed by atoms with Crippen LogP contribution in [0.3, 0.4) is 0 Å². The van der Waals surface area contributed by atoms with Crippen molar-refractivity contribution in [3.63, 3.8) is 0 Å². The predicted octanol–water partition coefficient (Wildman–Crippen LogP) is 0.889. The second-order valence-electron chi connectivity index (χ2n) is 4.92. The Morgan fingerprint density at radius 2 is 2.14 bits per heavy atom. The number of benzene rings is 1. The highest BCUT2D eigenvalue weighted by Crippen LogP contribution is 2.10.